The summed E-state index contributed by atoms with van der Waals surface area (Å²) < 4.78 is 4.94. The molecule has 0 radical (unpaired) electrons. The van der Waals surface area contributed by atoms with E-state index in [4.69, 9.17) is 4.74 Å². The van der Waals surface area contributed by atoms with Gasteiger partial charge in [0.25, 0.3) is 0 Å². The van der Waals surface area contributed by atoms with E-state index in [1.807, 2.05) is 6.92 Å². The number of nitrogens with zero attached hydrogens (tertiary/aromatic N) is 1. The monoisotopic (exact) mass is 202 g/mol. The van der Waals surface area contributed by atoms with Crippen LogP contribution in [0.5, 0.6) is 0 Å². The highest BCUT2D eigenvalue weighted by Crippen LogP contribution is 1.89. The molecule has 84 valence electrons. The van der Waals surface area contributed by atoms with Crippen LogP contribution in [0, 0.1) is 0 Å². The number of carbonyl (C=O) groups excluding carboxylic acids is 1. The predicted molar refractivity (Wildman–Crippen MR) is 57.3 cm³/mol. The lowest BCUT2D eigenvalue weighted by atomic mass is 10.4. The summed E-state index contributed by atoms with van der Waals surface area (Å²) in [5, 5.41) is 3.09. The number of amides is 1. The van der Waals surface area contributed by atoms with Crippen LogP contribution in [0.1, 0.15) is 20.3 Å². The summed E-state index contributed by atoms with van der Waals surface area (Å²) >= 11 is 0. The van der Waals surface area contributed by atoms with Gasteiger partial charge in [0, 0.05) is 20.2 Å². The molecule has 0 aromatic rings. The first-order valence-corrected chi connectivity index (χ1v) is 5.23. The third-order valence-corrected chi connectivity index (χ3v) is 2.00. The molecule has 1 N–H and O–H groups in total. The van der Waals surface area contributed by atoms with E-state index in [-0.39, 0.29) is 5.91 Å². The van der Waals surface area contributed by atoms with Crippen LogP contribution in [0.2, 0.25) is 0 Å². The van der Waals surface area contributed by atoms with E-state index in [0.717, 1.165) is 19.5 Å². The molecule has 0 aromatic heterocycles. The van der Waals surface area contributed by atoms with Gasteiger partial charge < -0.3 is 15.0 Å². The summed E-state index contributed by atoms with van der Waals surface area (Å²) in [7, 11) is 1.65. The SMILES string of the molecule is CCCNCC(=O)N(CC)CCOC. The molecule has 0 aliphatic carbocycles. The second kappa shape index (κ2) is 8.97. The summed E-state index contributed by atoms with van der Waals surface area (Å²) in [5.41, 5.74) is 0. The van der Waals surface area contributed by atoms with Gasteiger partial charge in [-0.05, 0) is 19.9 Å². The minimum atomic E-state index is 0.151. The predicted octanol–water partition coefficient (Wildman–Crippen LogP) is 0.481. The fourth-order valence-electron chi connectivity index (χ4n) is 1.14. The largest absolute Gasteiger partial charge is 0.383 e. The van der Waals surface area contributed by atoms with E-state index in [0.29, 0.717) is 19.7 Å². The summed E-state index contributed by atoms with van der Waals surface area (Å²) in [4.78, 5) is 13.4. The van der Waals surface area contributed by atoms with Crippen molar-refractivity contribution in [3.8, 4) is 0 Å². The molecule has 0 rings (SSSR count). The molecule has 1 amide bonds. The fraction of sp³-hybridized carbons (Fsp3) is 0.900. The average molecular weight is 202 g/mol. The molecule has 14 heavy (non-hydrogen) atoms. The quantitative estimate of drug-likeness (QED) is 0.582. The smallest absolute Gasteiger partial charge is 0.236 e. The van der Waals surface area contributed by atoms with E-state index in [1.54, 1.807) is 12.0 Å². The van der Waals surface area contributed by atoms with Crippen molar-refractivity contribution in [3.63, 3.8) is 0 Å². The van der Waals surface area contributed by atoms with E-state index in [9.17, 15) is 4.79 Å². The molecule has 0 aromatic carbocycles. The number of nitrogens with one attached hydrogen (secondary N) is 1. The Balaban J connectivity index is 3.67. The van der Waals surface area contributed by atoms with Crippen LogP contribution in [0.4, 0.5) is 0 Å². The van der Waals surface area contributed by atoms with Crippen LogP contribution in [-0.4, -0.2) is 50.7 Å². The second-order valence-electron chi connectivity index (χ2n) is 3.14. The number of likely N-dealkylation sites (N-methyl/N-ethyl adjacent to an activating group) is 1. The normalized spacial score (nSPS) is 10.2. The number of rotatable bonds is 8. The first kappa shape index (κ1) is 13.4. The Morgan fingerprint density at radius 3 is 2.64 bits per heavy atom. The van der Waals surface area contributed by atoms with Crippen LogP contribution >= 0.6 is 0 Å². The van der Waals surface area contributed by atoms with Crippen molar-refractivity contribution < 1.29 is 9.53 Å². The van der Waals surface area contributed by atoms with Gasteiger partial charge in [-0.2, -0.15) is 0 Å². The van der Waals surface area contributed by atoms with Crippen LogP contribution < -0.4 is 5.32 Å². The first-order valence-electron chi connectivity index (χ1n) is 5.23. The van der Waals surface area contributed by atoms with E-state index in [2.05, 4.69) is 12.2 Å². The van der Waals surface area contributed by atoms with Crippen LogP contribution in [0.3, 0.4) is 0 Å². The first-order chi connectivity index (χ1) is 6.76. The van der Waals surface area contributed by atoms with Crippen LogP contribution in [0.25, 0.3) is 0 Å². The molecule has 4 nitrogen and oxygen atoms in total. The molecule has 0 aliphatic rings. The minimum Gasteiger partial charge on any atom is -0.383 e. The van der Waals surface area contributed by atoms with E-state index >= 15 is 0 Å². The fourth-order valence-corrected chi connectivity index (χ4v) is 1.14. The highest BCUT2D eigenvalue weighted by molar-refractivity contribution is 5.78. The highest BCUT2D eigenvalue weighted by atomic mass is 16.5. The molecule has 0 bridgehead atoms. The molecule has 0 aliphatic heterocycles. The average Bonchev–Trinajstić information content (AvgIpc) is 2.19. The lowest BCUT2D eigenvalue weighted by Crippen LogP contribution is -2.40. The topological polar surface area (TPSA) is 41.6 Å². The number of carbonyl (C=O) groups is 1. The Hall–Kier alpha value is -0.610. The van der Waals surface area contributed by atoms with Crippen molar-refractivity contribution in [2.45, 2.75) is 20.3 Å². The molecule has 0 spiro atoms. The van der Waals surface area contributed by atoms with Crippen molar-refractivity contribution in [1.82, 2.24) is 10.2 Å². The second-order valence-corrected chi connectivity index (χ2v) is 3.14. The van der Waals surface area contributed by atoms with E-state index in [1.165, 1.54) is 0 Å². The Labute approximate surface area is 86.6 Å². The van der Waals surface area contributed by atoms with Gasteiger partial charge in [0.15, 0.2) is 0 Å². The van der Waals surface area contributed by atoms with Gasteiger partial charge in [-0.25, -0.2) is 0 Å². The summed E-state index contributed by atoms with van der Waals surface area (Å²) in [6.45, 7) is 7.43. The molecule has 0 heterocycles. The maximum Gasteiger partial charge on any atom is 0.236 e. The summed E-state index contributed by atoms with van der Waals surface area (Å²) in [6.07, 6.45) is 1.05. The van der Waals surface area contributed by atoms with Gasteiger partial charge in [-0.15, -0.1) is 0 Å². The van der Waals surface area contributed by atoms with Crippen LogP contribution in [-0.2, 0) is 9.53 Å². The zero-order valence-electron chi connectivity index (χ0n) is 9.51. The van der Waals surface area contributed by atoms with Gasteiger partial charge in [-0.1, -0.05) is 6.92 Å². The lowest BCUT2D eigenvalue weighted by molar-refractivity contribution is -0.130. The zero-order valence-corrected chi connectivity index (χ0v) is 9.51. The Morgan fingerprint density at radius 2 is 2.14 bits per heavy atom. The van der Waals surface area contributed by atoms with Crippen LogP contribution in [0.15, 0.2) is 0 Å². The molecular weight excluding hydrogens is 180 g/mol. The maximum atomic E-state index is 11.6. The number of ether oxygens (including phenoxy) is 1. The van der Waals surface area contributed by atoms with Gasteiger partial charge in [0.05, 0.1) is 13.2 Å². The third kappa shape index (κ3) is 5.94. The molecule has 0 saturated carbocycles. The molecule has 0 unspecified atom stereocenters. The highest BCUT2D eigenvalue weighted by Gasteiger charge is 2.09. The molecular formula is C10H22N2O2. The Morgan fingerprint density at radius 1 is 1.43 bits per heavy atom. The van der Waals surface area contributed by atoms with Crippen molar-refractivity contribution in [2.75, 3.05) is 39.9 Å². The van der Waals surface area contributed by atoms with E-state index < -0.39 is 0 Å². The van der Waals surface area contributed by atoms with Crippen molar-refractivity contribution in [1.29, 1.82) is 0 Å². The summed E-state index contributed by atoms with van der Waals surface area (Å²) in [5.74, 6) is 0.151. The lowest BCUT2D eigenvalue weighted by Gasteiger charge is -2.20. The molecule has 0 atom stereocenters. The molecule has 4 heteroatoms. The summed E-state index contributed by atoms with van der Waals surface area (Å²) in [6, 6.07) is 0. The Bertz CT molecular complexity index is 151. The van der Waals surface area contributed by atoms with Crippen molar-refractivity contribution >= 4 is 5.91 Å². The number of methoxy groups -OCH3 is 1. The Kier molecular flexibility index (Phi) is 8.57. The zero-order chi connectivity index (χ0) is 10.8. The van der Waals surface area contributed by atoms with Gasteiger partial charge in [0.2, 0.25) is 5.91 Å². The van der Waals surface area contributed by atoms with Gasteiger partial charge in [-0.3, -0.25) is 4.79 Å². The standard InChI is InChI=1S/C10H22N2O2/c1-4-6-11-9-10(13)12(5-2)7-8-14-3/h11H,4-9H2,1-3H3. The minimum absolute atomic E-state index is 0.151. The van der Waals surface area contributed by atoms with Crippen molar-refractivity contribution in [2.24, 2.45) is 0 Å². The molecule has 0 saturated heterocycles. The third-order valence-electron chi connectivity index (χ3n) is 2.00. The molecule has 0 fully saturated rings. The number of hydrogen-bond donors (Lipinski definition) is 1. The van der Waals surface area contributed by atoms with Gasteiger partial charge >= 0.3 is 0 Å². The number of hydrogen-bond acceptors (Lipinski definition) is 3. The maximum absolute atomic E-state index is 11.6. The van der Waals surface area contributed by atoms with Gasteiger partial charge in [0.1, 0.15) is 0 Å². The van der Waals surface area contributed by atoms with Crippen molar-refractivity contribution in [3.05, 3.63) is 0 Å².